The Balaban J connectivity index is 1.60. The Morgan fingerprint density at radius 1 is 1.14 bits per heavy atom. The van der Waals surface area contributed by atoms with Crippen LogP contribution in [-0.4, -0.2) is 24.1 Å². The standard InChI is InChI=1S/C17H20FN3/c1-13-2-3-16(18)17(12-13)20-14-6-10-21(11-7-14)15-4-8-19-9-5-15/h2-5,8-9,12,14,20H,6-7,10-11H2,1H3. The molecule has 1 aromatic heterocycles. The number of aryl methyl sites for hydroxylation is 1. The molecule has 0 aliphatic carbocycles. The van der Waals surface area contributed by atoms with E-state index in [1.807, 2.05) is 37.5 Å². The zero-order valence-corrected chi connectivity index (χ0v) is 12.2. The highest BCUT2D eigenvalue weighted by Gasteiger charge is 2.20. The number of nitrogens with zero attached hydrogens (tertiary/aromatic N) is 2. The second kappa shape index (κ2) is 6.12. The lowest BCUT2D eigenvalue weighted by Crippen LogP contribution is -2.39. The minimum atomic E-state index is -0.169. The topological polar surface area (TPSA) is 28.2 Å². The SMILES string of the molecule is Cc1ccc(F)c(NC2CCN(c3ccncc3)CC2)c1. The van der Waals surface area contributed by atoms with Crippen molar-refractivity contribution in [3.63, 3.8) is 0 Å². The Labute approximate surface area is 124 Å². The van der Waals surface area contributed by atoms with E-state index in [2.05, 4.69) is 15.2 Å². The van der Waals surface area contributed by atoms with Crippen LogP contribution in [0.15, 0.2) is 42.7 Å². The zero-order chi connectivity index (χ0) is 14.7. The Kier molecular flexibility index (Phi) is 4.04. The molecule has 2 aromatic rings. The van der Waals surface area contributed by atoms with Gasteiger partial charge >= 0.3 is 0 Å². The average molecular weight is 285 g/mol. The fourth-order valence-corrected chi connectivity index (χ4v) is 2.81. The van der Waals surface area contributed by atoms with Gasteiger partial charge in [-0.05, 0) is 49.6 Å². The summed E-state index contributed by atoms with van der Waals surface area (Å²) in [6, 6.07) is 9.61. The fraction of sp³-hybridized carbons (Fsp3) is 0.353. The number of aromatic nitrogens is 1. The Bertz CT molecular complexity index is 592. The van der Waals surface area contributed by atoms with E-state index in [1.165, 1.54) is 11.8 Å². The first-order chi connectivity index (χ1) is 10.2. The number of hydrogen-bond acceptors (Lipinski definition) is 3. The maximum Gasteiger partial charge on any atom is 0.146 e. The normalized spacial score (nSPS) is 16.0. The molecule has 4 heteroatoms. The number of rotatable bonds is 3. The molecule has 0 radical (unpaired) electrons. The largest absolute Gasteiger partial charge is 0.380 e. The van der Waals surface area contributed by atoms with E-state index in [1.54, 1.807) is 6.07 Å². The van der Waals surface area contributed by atoms with Crippen LogP contribution in [0.2, 0.25) is 0 Å². The predicted molar refractivity (Wildman–Crippen MR) is 84.2 cm³/mol. The lowest BCUT2D eigenvalue weighted by Gasteiger charge is -2.34. The summed E-state index contributed by atoms with van der Waals surface area (Å²) in [6.07, 6.45) is 5.66. The van der Waals surface area contributed by atoms with Crippen LogP contribution in [0.1, 0.15) is 18.4 Å². The molecule has 2 heterocycles. The van der Waals surface area contributed by atoms with Crippen molar-refractivity contribution in [3.8, 4) is 0 Å². The number of piperidine rings is 1. The van der Waals surface area contributed by atoms with E-state index in [4.69, 9.17) is 0 Å². The lowest BCUT2D eigenvalue weighted by atomic mass is 10.0. The van der Waals surface area contributed by atoms with Gasteiger partial charge in [-0.25, -0.2) is 4.39 Å². The van der Waals surface area contributed by atoms with E-state index >= 15 is 0 Å². The third kappa shape index (κ3) is 3.32. The van der Waals surface area contributed by atoms with E-state index in [-0.39, 0.29) is 5.82 Å². The number of nitrogens with one attached hydrogen (secondary N) is 1. The third-order valence-corrected chi connectivity index (χ3v) is 4.00. The van der Waals surface area contributed by atoms with Crippen LogP contribution in [0.4, 0.5) is 15.8 Å². The van der Waals surface area contributed by atoms with Gasteiger partial charge in [0.15, 0.2) is 0 Å². The van der Waals surface area contributed by atoms with Gasteiger partial charge < -0.3 is 10.2 Å². The van der Waals surface area contributed by atoms with E-state index in [0.29, 0.717) is 11.7 Å². The highest BCUT2D eigenvalue weighted by atomic mass is 19.1. The second-order valence-electron chi connectivity index (χ2n) is 5.59. The van der Waals surface area contributed by atoms with Crippen molar-refractivity contribution in [2.24, 2.45) is 0 Å². The summed E-state index contributed by atoms with van der Waals surface area (Å²) >= 11 is 0. The number of halogens is 1. The second-order valence-corrected chi connectivity index (χ2v) is 5.59. The van der Waals surface area contributed by atoms with Gasteiger partial charge in [0, 0.05) is 37.2 Å². The summed E-state index contributed by atoms with van der Waals surface area (Å²) in [5, 5.41) is 3.35. The summed E-state index contributed by atoms with van der Waals surface area (Å²) < 4.78 is 13.8. The number of benzene rings is 1. The monoisotopic (exact) mass is 285 g/mol. The van der Waals surface area contributed by atoms with Crippen LogP contribution in [0.3, 0.4) is 0 Å². The number of anilines is 2. The van der Waals surface area contributed by atoms with Crippen molar-refractivity contribution in [3.05, 3.63) is 54.1 Å². The molecule has 0 atom stereocenters. The molecule has 110 valence electrons. The number of hydrogen-bond donors (Lipinski definition) is 1. The smallest absolute Gasteiger partial charge is 0.146 e. The molecule has 1 aliphatic heterocycles. The maximum atomic E-state index is 13.8. The summed E-state index contributed by atoms with van der Waals surface area (Å²) in [7, 11) is 0. The van der Waals surface area contributed by atoms with Crippen molar-refractivity contribution in [1.29, 1.82) is 0 Å². The van der Waals surface area contributed by atoms with Crippen LogP contribution in [0.25, 0.3) is 0 Å². The summed E-state index contributed by atoms with van der Waals surface area (Å²) in [5.74, 6) is -0.169. The van der Waals surface area contributed by atoms with Crippen LogP contribution >= 0.6 is 0 Å². The van der Waals surface area contributed by atoms with Crippen molar-refractivity contribution in [2.45, 2.75) is 25.8 Å². The van der Waals surface area contributed by atoms with Gasteiger partial charge in [0.2, 0.25) is 0 Å². The molecule has 1 fully saturated rings. The number of pyridine rings is 1. The van der Waals surface area contributed by atoms with Gasteiger partial charge in [-0.2, -0.15) is 0 Å². The Morgan fingerprint density at radius 3 is 2.57 bits per heavy atom. The molecule has 1 aliphatic rings. The van der Waals surface area contributed by atoms with Crippen molar-refractivity contribution in [2.75, 3.05) is 23.3 Å². The van der Waals surface area contributed by atoms with E-state index in [0.717, 1.165) is 31.5 Å². The van der Waals surface area contributed by atoms with Gasteiger partial charge in [-0.3, -0.25) is 4.98 Å². The lowest BCUT2D eigenvalue weighted by molar-refractivity contribution is 0.522. The first-order valence-electron chi connectivity index (χ1n) is 7.40. The summed E-state index contributed by atoms with van der Waals surface area (Å²) in [6.45, 7) is 3.95. The molecule has 1 saturated heterocycles. The highest BCUT2D eigenvalue weighted by molar-refractivity contribution is 5.49. The Hall–Kier alpha value is -2.10. The first-order valence-corrected chi connectivity index (χ1v) is 7.40. The van der Waals surface area contributed by atoms with E-state index < -0.39 is 0 Å². The van der Waals surface area contributed by atoms with Gasteiger partial charge in [0.25, 0.3) is 0 Å². The molecule has 21 heavy (non-hydrogen) atoms. The molecule has 0 spiro atoms. The van der Waals surface area contributed by atoms with Gasteiger partial charge in [0.1, 0.15) is 5.82 Å². The summed E-state index contributed by atoms with van der Waals surface area (Å²) in [4.78, 5) is 6.40. The van der Waals surface area contributed by atoms with Crippen LogP contribution in [-0.2, 0) is 0 Å². The summed E-state index contributed by atoms with van der Waals surface area (Å²) in [5.41, 5.74) is 2.91. The first kappa shape index (κ1) is 13.9. The fourth-order valence-electron chi connectivity index (χ4n) is 2.81. The van der Waals surface area contributed by atoms with Crippen molar-refractivity contribution in [1.82, 2.24) is 4.98 Å². The van der Waals surface area contributed by atoms with Gasteiger partial charge in [-0.1, -0.05) is 6.07 Å². The highest BCUT2D eigenvalue weighted by Crippen LogP contribution is 2.23. The minimum absolute atomic E-state index is 0.169. The average Bonchev–Trinajstić information content (AvgIpc) is 2.53. The van der Waals surface area contributed by atoms with Crippen molar-refractivity contribution >= 4 is 11.4 Å². The van der Waals surface area contributed by atoms with Crippen LogP contribution in [0.5, 0.6) is 0 Å². The van der Waals surface area contributed by atoms with Crippen LogP contribution < -0.4 is 10.2 Å². The molecule has 1 N–H and O–H groups in total. The zero-order valence-electron chi connectivity index (χ0n) is 12.2. The van der Waals surface area contributed by atoms with Gasteiger partial charge in [0.05, 0.1) is 5.69 Å². The Morgan fingerprint density at radius 2 is 1.86 bits per heavy atom. The molecule has 0 bridgehead atoms. The quantitative estimate of drug-likeness (QED) is 0.933. The molecule has 3 nitrogen and oxygen atoms in total. The predicted octanol–water partition coefficient (Wildman–Crippen LogP) is 3.61. The third-order valence-electron chi connectivity index (χ3n) is 4.00. The molecule has 0 saturated carbocycles. The molecular weight excluding hydrogens is 265 g/mol. The molecule has 1 aromatic carbocycles. The molecular formula is C17H20FN3. The molecule has 0 unspecified atom stereocenters. The molecule has 0 amide bonds. The van der Waals surface area contributed by atoms with E-state index in [9.17, 15) is 4.39 Å². The van der Waals surface area contributed by atoms with Crippen molar-refractivity contribution < 1.29 is 4.39 Å². The maximum absolute atomic E-state index is 13.8. The van der Waals surface area contributed by atoms with Crippen LogP contribution in [0, 0.1) is 12.7 Å². The molecule has 3 rings (SSSR count). The minimum Gasteiger partial charge on any atom is -0.380 e. The van der Waals surface area contributed by atoms with Gasteiger partial charge in [-0.15, -0.1) is 0 Å².